The van der Waals surface area contributed by atoms with E-state index in [9.17, 15) is 0 Å². The van der Waals surface area contributed by atoms with Gasteiger partial charge in [0.2, 0.25) is 0 Å². The fraction of sp³-hybridized carbons (Fsp3) is 0.0455. The van der Waals surface area contributed by atoms with Gasteiger partial charge in [-0.15, -0.1) is 0 Å². The Morgan fingerprint density at radius 1 is 0.341 bits per heavy atom. The molecule has 1 heterocycles. The van der Waals surface area contributed by atoms with Crippen LogP contribution < -0.4 is 9.80 Å². The van der Waals surface area contributed by atoms with Crippen molar-refractivity contribution in [2.75, 3.05) is 9.80 Å². The van der Waals surface area contributed by atoms with Gasteiger partial charge in [0.15, 0.2) is 0 Å². The molecule has 0 saturated heterocycles. The molecule has 91 heavy (non-hydrogen) atoms. The van der Waals surface area contributed by atoms with E-state index in [4.69, 9.17) is 0 Å². The van der Waals surface area contributed by atoms with Gasteiger partial charge in [-0.25, -0.2) is 0 Å². The zero-order valence-electron chi connectivity index (χ0n) is 51.8. The predicted molar refractivity (Wildman–Crippen MR) is 390 cm³/mol. The molecule has 13 aromatic carbocycles. The number of aryl methyl sites for hydroxylation is 3. The lowest BCUT2D eigenvalue weighted by Crippen LogP contribution is -2.10. The van der Waals surface area contributed by atoms with Gasteiger partial charge in [-0.3, -0.25) is 0 Å². The number of rotatable bonds is 16. The number of hydrogen-bond acceptors (Lipinski definition) is 2. The Morgan fingerprint density at radius 3 is 1.24 bits per heavy atom. The van der Waals surface area contributed by atoms with E-state index >= 15 is 0 Å². The number of fused-ring (bicyclic) bond motifs is 3. The van der Waals surface area contributed by atoms with Crippen LogP contribution in [0.3, 0.4) is 0 Å². The summed E-state index contributed by atoms with van der Waals surface area (Å²) in [6.07, 6.45) is 8.15. The molecule has 0 aliphatic rings. The number of aromatic nitrogens is 1. The molecule has 14 rings (SSSR count). The van der Waals surface area contributed by atoms with Gasteiger partial charge >= 0.3 is 0 Å². The van der Waals surface area contributed by atoms with Gasteiger partial charge in [-0.2, -0.15) is 0 Å². The minimum atomic E-state index is 1.05. The van der Waals surface area contributed by atoms with Crippen LogP contribution in [0.25, 0.3) is 99.8 Å². The van der Waals surface area contributed by atoms with Crippen LogP contribution in [0, 0.1) is 20.8 Å². The Kier molecular flexibility index (Phi) is 15.9. The third-order valence-corrected chi connectivity index (χ3v) is 17.6. The summed E-state index contributed by atoms with van der Waals surface area (Å²) in [4.78, 5) is 4.76. The SMILES string of the molecule is C=C/C(=C\C=C/C)c1ccc(-n2c3ccc(-c4ccccc4)cc3c3cc(-c4cccc(-c5cccc(N(c6ccc(-c7ccccc7)cc6)c6ccc(-c7ccccc7)cc6)c5)c4-c4ccc(N(c5ccc(C)cc5)c5ccc(C)cc5)cc4C)ccc32)cc1. The van der Waals surface area contributed by atoms with E-state index in [1.54, 1.807) is 0 Å². The van der Waals surface area contributed by atoms with E-state index in [0.29, 0.717) is 0 Å². The first kappa shape index (κ1) is 57.2. The maximum Gasteiger partial charge on any atom is 0.0541 e. The van der Waals surface area contributed by atoms with Gasteiger partial charge < -0.3 is 14.4 Å². The summed E-state index contributed by atoms with van der Waals surface area (Å²) in [5.74, 6) is 0. The lowest BCUT2D eigenvalue weighted by atomic mass is 9.85. The molecule has 1 aromatic heterocycles. The Labute approximate surface area is 535 Å². The molecule has 0 aliphatic heterocycles. The predicted octanol–water partition coefficient (Wildman–Crippen LogP) is 24.8. The van der Waals surface area contributed by atoms with Crippen LogP contribution in [0.1, 0.15) is 29.2 Å². The van der Waals surface area contributed by atoms with Crippen LogP contribution in [0.15, 0.2) is 340 Å². The van der Waals surface area contributed by atoms with Crippen molar-refractivity contribution in [1.29, 1.82) is 0 Å². The normalized spacial score (nSPS) is 11.6. The molecule has 14 aromatic rings. The first-order valence-corrected chi connectivity index (χ1v) is 31.4. The zero-order chi connectivity index (χ0) is 61.8. The van der Waals surface area contributed by atoms with E-state index in [1.807, 2.05) is 19.1 Å². The number of hydrogen-bond donors (Lipinski definition) is 0. The van der Waals surface area contributed by atoms with E-state index in [1.165, 1.54) is 66.4 Å². The minimum Gasteiger partial charge on any atom is -0.310 e. The Balaban J connectivity index is 0.964. The molecule has 0 unspecified atom stereocenters. The quantitative estimate of drug-likeness (QED) is 0.0894. The van der Waals surface area contributed by atoms with Gasteiger partial charge in [-0.1, -0.05) is 242 Å². The molecule has 0 atom stereocenters. The van der Waals surface area contributed by atoms with E-state index in [-0.39, 0.29) is 0 Å². The van der Waals surface area contributed by atoms with Gasteiger partial charge in [0, 0.05) is 50.6 Å². The van der Waals surface area contributed by atoms with Crippen LogP contribution >= 0.6 is 0 Å². The summed E-state index contributed by atoms with van der Waals surface area (Å²) in [5.41, 5.74) is 29.6. The molecule has 3 nitrogen and oxygen atoms in total. The molecule has 0 aliphatic carbocycles. The second-order valence-electron chi connectivity index (χ2n) is 23.5. The van der Waals surface area contributed by atoms with Crippen LogP contribution in [0.2, 0.25) is 0 Å². The highest BCUT2D eigenvalue weighted by molar-refractivity contribution is 6.12. The molecule has 436 valence electrons. The van der Waals surface area contributed by atoms with Crippen molar-refractivity contribution in [1.82, 2.24) is 4.57 Å². The summed E-state index contributed by atoms with van der Waals surface area (Å²) < 4.78 is 2.42. The Morgan fingerprint density at radius 2 is 0.747 bits per heavy atom. The second-order valence-corrected chi connectivity index (χ2v) is 23.5. The topological polar surface area (TPSA) is 11.4 Å². The maximum absolute atomic E-state index is 4.15. The average molecular weight is 1170 g/mol. The lowest BCUT2D eigenvalue weighted by Gasteiger charge is -2.28. The molecule has 0 saturated carbocycles. The minimum absolute atomic E-state index is 1.05. The van der Waals surface area contributed by atoms with Crippen LogP contribution in [-0.4, -0.2) is 4.57 Å². The van der Waals surface area contributed by atoms with Crippen molar-refractivity contribution in [2.45, 2.75) is 27.7 Å². The summed E-state index contributed by atoms with van der Waals surface area (Å²) in [7, 11) is 0. The van der Waals surface area contributed by atoms with Crippen molar-refractivity contribution >= 4 is 61.5 Å². The van der Waals surface area contributed by atoms with Gasteiger partial charge in [0.05, 0.1) is 11.0 Å². The summed E-state index contributed by atoms with van der Waals surface area (Å²) in [5, 5.41) is 2.37. The van der Waals surface area contributed by atoms with Crippen molar-refractivity contribution in [3.63, 3.8) is 0 Å². The number of anilines is 6. The zero-order valence-corrected chi connectivity index (χ0v) is 51.8. The number of benzene rings is 13. The highest BCUT2D eigenvalue weighted by atomic mass is 15.1. The second kappa shape index (κ2) is 25.3. The molecule has 0 radical (unpaired) electrons. The van der Waals surface area contributed by atoms with Gasteiger partial charge in [-0.05, 0) is 220 Å². The summed E-state index contributed by atoms with van der Waals surface area (Å²) >= 11 is 0. The standard InChI is InChI=1S/C88H69N3/c1-6-8-20-64(7-2)68-35-51-78(52-36-68)91-86-55-41-71(67-25-16-11-17-26-67)59-84(86)85-60-73(42-56-87(85)91)83-30-19-29-82(88(83)81-54-53-80(57-63(81)5)90(74-43-31-61(3)32-44-74)75-45-33-62(4)34-46-75)72-27-18-28-79(58-72)89(76-47-37-69(38-48-76)65-21-12-9-13-22-65)77-49-39-70(40-50-77)66-23-14-10-15-24-66/h6-60H,2H2,1,3-5H3/b8-6-,64-20+. The third kappa shape index (κ3) is 11.5. The van der Waals surface area contributed by atoms with E-state index in [2.05, 4.69) is 363 Å². The smallest absolute Gasteiger partial charge is 0.0541 e. The van der Waals surface area contributed by atoms with Crippen molar-refractivity contribution in [3.8, 4) is 72.4 Å². The molecule has 0 bridgehead atoms. The summed E-state index contributed by atoms with van der Waals surface area (Å²) in [6.45, 7) is 12.8. The largest absolute Gasteiger partial charge is 0.310 e. The van der Waals surface area contributed by atoms with Crippen LogP contribution in [0.5, 0.6) is 0 Å². The number of allylic oxidation sites excluding steroid dienone is 5. The Bertz CT molecular complexity index is 4850. The fourth-order valence-electron chi connectivity index (χ4n) is 12.9. The van der Waals surface area contributed by atoms with Gasteiger partial charge in [0.25, 0.3) is 0 Å². The highest BCUT2D eigenvalue weighted by Crippen LogP contribution is 2.47. The fourth-order valence-corrected chi connectivity index (χ4v) is 12.9. The molecule has 3 heteroatoms. The van der Waals surface area contributed by atoms with Crippen molar-refractivity contribution in [3.05, 3.63) is 363 Å². The van der Waals surface area contributed by atoms with Crippen molar-refractivity contribution < 1.29 is 0 Å². The first-order valence-electron chi connectivity index (χ1n) is 31.4. The summed E-state index contributed by atoms with van der Waals surface area (Å²) in [6, 6.07) is 114. The average Bonchev–Trinajstić information content (AvgIpc) is 1.67. The van der Waals surface area contributed by atoms with Crippen LogP contribution in [-0.2, 0) is 0 Å². The monoisotopic (exact) mass is 1170 g/mol. The molecule has 0 amide bonds. The lowest BCUT2D eigenvalue weighted by molar-refractivity contribution is 1.18. The van der Waals surface area contributed by atoms with Crippen molar-refractivity contribution in [2.24, 2.45) is 0 Å². The van der Waals surface area contributed by atoms with E-state index in [0.717, 1.165) is 89.8 Å². The molecular weight excluding hydrogens is 1100 g/mol. The molecule has 0 N–H and O–H groups in total. The Hall–Kier alpha value is -11.5. The first-order chi connectivity index (χ1) is 44.8. The number of nitrogens with zero attached hydrogens (tertiary/aromatic N) is 3. The molecule has 0 spiro atoms. The maximum atomic E-state index is 4.15. The molecular formula is C88H69N3. The van der Waals surface area contributed by atoms with Crippen LogP contribution in [0.4, 0.5) is 34.1 Å². The van der Waals surface area contributed by atoms with E-state index < -0.39 is 0 Å². The molecule has 0 fully saturated rings. The van der Waals surface area contributed by atoms with Gasteiger partial charge in [0.1, 0.15) is 0 Å². The highest BCUT2D eigenvalue weighted by Gasteiger charge is 2.23. The third-order valence-electron chi connectivity index (χ3n) is 17.6.